The summed E-state index contributed by atoms with van der Waals surface area (Å²) in [5.41, 5.74) is 0.461. The highest BCUT2D eigenvalue weighted by Crippen LogP contribution is 2.14. The van der Waals surface area contributed by atoms with E-state index >= 15 is 0 Å². The van der Waals surface area contributed by atoms with E-state index in [2.05, 4.69) is 41.7 Å². The van der Waals surface area contributed by atoms with E-state index in [9.17, 15) is 4.79 Å². The molecule has 2 saturated heterocycles. The number of piperazine rings is 2. The van der Waals surface area contributed by atoms with Gasteiger partial charge in [0.05, 0.1) is 0 Å². The number of carbonyl (C=O) groups excluding carboxylic acids is 1. The molecule has 1 amide bonds. The maximum absolute atomic E-state index is 12.9. The Morgan fingerprint density at radius 2 is 1.41 bits per heavy atom. The molecule has 27 heavy (non-hydrogen) atoms. The van der Waals surface area contributed by atoms with Crippen LogP contribution in [0.5, 0.6) is 0 Å². The van der Waals surface area contributed by atoms with Gasteiger partial charge in [-0.15, -0.1) is 0 Å². The first-order valence-corrected chi connectivity index (χ1v) is 9.28. The molecule has 0 unspecified atom stereocenters. The van der Waals surface area contributed by atoms with Crippen LogP contribution in [0.2, 0.25) is 0 Å². The topological polar surface area (TPSA) is 81.6 Å². The first-order chi connectivity index (χ1) is 13.2. The van der Waals surface area contributed by atoms with Gasteiger partial charge in [-0.1, -0.05) is 0 Å². The lowest BCUT2D eigenvalue weighted by molar-refractivity contribution is 0.0740. The number of carbonyl (C=O) groups is 1. The molecule has 0 aromatic carbocycles. The Morgan fingerprint density at radius 1 is 0.815 bits per heavy atom. The van der Waals surface area contributed by atoms with E-state index in [-0.39, 0.29) is 5.91 Å². The second kappa shape index (κ2) is 7.83. The Kier molecular flexibility index (Phi) is 5.10. The summed E-state index contributed by atoms with van der Waals surface area (Å²) in [4.78, 5) is 38.7. The molecule has 142 valence electrons. The summed E-state index contributed by atoms with van der Waals surface area (Å²) in [6, 6.07) is 3.50. The number of hydrogen-bond donors (Lipinski definition) is 0. The lowest BCUT2D eigenvalue weighted by atomic mass is 10.2. The quantitative estimate of drug-likeness (QED) is 0.748. The van der Waals surface area contributed by atoms with Gasteiger partial charge in [0.2, 0.25) is 11.9 Å². The van der Waals surface area contributed by atoms with Crippen molar-refractivity contribution in [2.75, 3.05) is 69.2 Å². The largest absolute Gasteiger partial charge is 0.338 e. The minimum atomic E-state index is -0.0404. The molecule has 2 aromatic heterocycles. The van der Waals surface area contributed by atoms with Crippen LogP contribution < -0.4 is 9.80 Å². The number of anilines is 2. The van der Waals surface area contributed by atoms with E-state index in [4.69, 9.17) is 0 Å². The van der Waals surface area contributed by atoms with Gasteiger partial charge in [0.1, 0.15) is 5.69 Å². The third kappa shape index (κ3) is 3.97. The van der Waals surface area contributed by atoms with Crippen LogP contribution in [0.15, 0.2) is 30.7 Å². The summed E-state index contributed by atoms with van der Waals surface area (Å²) >= 11 is 0. The fourth-order valence-electron chi connectivity index (χ4n) is 3.35. The van der Waals surface area contributed by atoms with Crippen LogP contribution in [0.25, 0.3) is 0 Å². The lowest BCUT2D eigenvalue weighted by Crippen LogP contribution is -2.49. The number of rotatable bonds is 3. The minimum Gasteiger partial charge on any atom is -0.338 e. The van der Waals surface area contributed by atoms with Gasteiger partial charge in [-0.2, -0.15) is 0 Å². The molecule has 2 aliphatic heterocycles. The fraction of sp³-hybridized carbons (Fsp3) is 0.500. The minimum absolute atomic E-state index is 0.0404. The van der Waals surface area contributed by atoms with Crippen molar-refractivity contribution >= 4 is 17.8 Å². The standard InChI is InChI=1S/C18H24N8O/c1-23-7-9-26(10-8-23)18-21-6-3-15(22-18)16(27)24-11-13-25(14-12-24)17-19-4-2-5-20-17/h2-6H,7-14H2,1H3. The van der Waals surface area contributed by atoms with E-state index in [0.29, 0.717) is 43.8 Å². The predicted octanol–water partition coefficient (Wildman–Crippen LogP) is -0.0192. The van der Waals surface area contributed by atoms with Gasteiger partial charge < -0.3 is 19.6 Å². The highest BCUT2D eigenvalue weighted by Gasteiger charge is 2.25. The van der Waals surface area contributed by atoms with E-state index < -0.39 is 0 Å². The SMILES string of the molecule is CN1CCN(c2nccc(C(=O)N3CCN(c4ncccn4)CC3)n2)CC1. The summed E-state index contributed by atoms with van der Waals surface area (Å²) < 4.78 is 0. The van der Waals surface area contributed by atoms with Crippen molar-refractivity contribution in [2.24, 2.45) is 0 Å². The summed E-state index contributed by atoms with van der Waals surface area (Å²) in [6.45, 7) is 6.40. The zero-order valence-corrected chi connectivity index (χ0v) is 15.5. The first-order valence-electron chi connectivity index (χ1n) is 9.28. The van der Waals surface area contributed by atoms with Crippen LogP contribution in [-0.4, -0.2) is 95.0 Å². The third-order valence-electron chi connectivity index (χ3n) is 5.05. The molecule has 9 nitrogen and oxygen atoms in total. The number of likely N-dealkylation sites (N-methyl/N-ethyl adjacent to an activating group) is 1. The molecule has 0 bridgehead atoms. The molecule has 4 heterocycles. The van der Waals surface area contributed by atoms with Crippen LogP contribution in [0.1, 0.15) is 10.5 Å². The predicted molar refractivity (Wildman–Crippen MR) is 102 cm³/mol. The second-order valence-corrected chi connectivity index (χ2v) is 6.86. The fourth-order valence-corrected chi connectivity index (χ4v) is 3.35. The van der Waals surface area contributed by atoms with Crippen LogP contribution in [0, 0.1) is 0 Å². The molecular formula is C18H24N8O. The highest BCUT2D eigenvalue weighted by atomic mass is 16.2. The zero-order chi connectivity index (χ0) is 18.6. The average molecular weight is 368 g/mol. The maximum Gasteiger partial charge on any atom is 0.272 e. The van der Waals surface area contributed by atoms with E-state index in [1.807, 2.05) is 4.90 Å². The highest BCUT2D eigenvalue weighted by molar-refractivity contribution is 5.92. The monoisotopic (exact) mass is 368 g/mol. The third-order valence-corrected chi connectivity index (χ3v) is 5.05. The maximum atomic E-state index is 12.9. The Labute approximate surface area is 158 Å². The van der Waals surface area contributed by atoms with Gasteiger partial charge in [-0.3, -0.25) is 4.79 Å². The van der Waals surface area contributed by atoms with E-state index in [1.54, 1.807) is 30.7 Å². The van der Waals surface area contributed by atoms with Gasteiger partial charge in [0, 0.05) is 70.9 Å². The van der Waals surface area contributed by atoms with Crippen molar-refractivity contribution in [3.63, 3.8) is 0 Å². The average Bonchev–Trinajstić information content (AvgIpc) is 2.75. The molecular weight excluding hydrogens is 344 g/mol. The molecule has 0 atom stereocenters. The van der Waals surface area contributed by atoms with Crippen LogP contribution in [-0.2, 0) is 0 Å². The first kappa shape index (κ1) is 17.6. The van der Waals surface area contributed by atoms with Crippen molar-refractivity contribution in [2.45, 2.75) is 0 Å². The smallest absolute Gasteiger partial charge is 0.272 e. The van der Waals surface area contributed by atoms with E-state index in [0.717, 1.165) is 26.2 Å². The van der Waals surface area contributed by atoms with Crippen LogP contribution >= 0.6 is 0 Å². The zero-order valence-electron chi connectivity index (χ0n) is 15.5. The molecule has 4 rings (SSSR count). The van der Waals surface area contributed by atoms with Crippen molar-refractivity contribution in [3.8, 4) is 0 Å². The van der Waals surface area contributed by atoms with Crippen molar-refractivity contribution in [3.05, 3.63) is 36.4 Å². The summed E-state index contributed by atoms with van der Waals surface area (Å²) in [6.07, 6.45) is 5.16. The molecule has 2 fully saturated rings. The molecule has 0 N–H and O–H groups in total. The summed E-state index contributed by atoms with van der Waals surface area (Å²) in [7, 11) is 2.11. The van der Waals surface area contributed by atoms with E-state index in [1.165, 1.54) is 0 Å². The van der Waals surface area contributed by atoms with Crippen molar-refractivity contribution < 1.29 is 4.79 Å². The molecule has 9 heteroatoms. The van der Waals surface area contributed by atoms with Gasteiger partial charge in [0.15, 0.2) is 0 Å². The number of amides is 1. The Hall–Kier alpha value is -2.81. The van der Waals surface area contributed by atoms with Gasteiger partial charge >= 0.3 is 0 Å². The summed E-state index contributed by atoms with van der Waals surface area (Å²) in [5.74, 6) is 1.32. The molecule has 0 aliphatic carbocycles. The van der Waals surface area contributed by atoms with Gasteiger partial charge in [-0.05, 0) is 19.2 Å². The van der Waals surface area contributed by atoms with Crippen molar-refractivity contribution in [1.82, 2.24) is 29.7 Å². The molecule has 0 saturated carbocycles. The summed E-state index contributed by atoms with van der Waals surface area (Å²) in [5, 5.41) is 0. The van der Waals surface area contributed by atoms with Crippen LogP contribution in [0.3, 0.4) is 0 Å². The van der Waals surface area contributed by atoms with Crippen LogP contribution in [0.4, 0.5) is 11.9 Å². The molecule has 2 aliphatic rings. The molecule has 0 spiro atoms. The molecule has 2 aromatic rings. The Balaban J connectivity index is 1.39. The lowest BCUT2D eigenvalue weighted by Gasteiger charge is -2.35. The van der Waals surface area contributed by atoms with Gasteiger partial charge in [0.25, 0.3) is 5.91 Å². The van der Waals surface area contributed by atoms with Crippen molar-refractivity contribution in [1.29, 1.82) is 0 Å². The Bertz CT molecular complexity index is 770. The normalized spacial score (nSPS) is 18.6. The Morgan fingerprint density at radius 3 is 2.11 bits per heavy atom. The number of aromatic nitrogens is 4. The number of nitrogens with zero attached hydrogens (tertiary/aromatic N) is 8. The second-order valence-electron chi connectivity index (χ2n) is 6.86. The van der Waals surface area contributed by atoms with Gasteiger partial charge in [-0.25, -0.2) is 19.9 Å². The number of hydrogen-bond acceptors (Lipinski definition) is 8. The molecule has 0 radical (unpaired) electrons.